The second-order valence-corrected chi connectivity index (χ2v) is 7.37. The molecule has 1 heterocycles. The second-order valence-electron chi connectivity index (χ2n) is 7.37. The quantitative estimate of drug-likeness (QED) is 0.776. The third-order valence-corrected chi connectivity index (χ3v) is 6.01. The van der Waals surface area contributed by atoms with Crippen LogP contribution in [0.25, 0.3) is 0 Å². The molecule has 4 heteroatoms. The van der Waals surface area contributed by atoms with Crippen molar-refractivity contribution in [3.8, 4) is 0 Å². The fourth-order valence-corrected chi connectivity index (χ4v) is 4.52. The Morgan fingerprint density at radius 3 is 2.68 bits per heavy atom. The van der Waals surface area contributed by atoms with Gasteiger partial charge in [0.05, 0.1) is 19.8 Å². The van der Waals surface area contributed by atoms with Crippen molar-refractivity contribution in [2.45, 2.75) is 25.9 Å². The van der Waals surface area contributed by atoms with Crippen molar-refractivity contribution in [3.63, 3.8) is 0 Å². The van der Waals surface area contributed by atoms with Gasteiger partial charge in [0.15, 0.2) is 11.5 Å². The molecule has 1 aromatic rings. The summed E-state index contributed by atoms with van der Waals surface area (Å²) in [5.74, 6) is -0.208. The Morgan fingerprint density at radius 2 is 1.96 bits per heavy atom. The Balaban J connectivity index is 1.71. The monoisotopic (exact) mass is 338 g/mol. The molecule has 3 aliphatic rings. The summed E-state index contributed by atoms with van der Waals surface area (Å²) in [5.41, 5.74) is 1.59. The number of fused-ring (bicyclic) bond motifs is 3. The van der Waals surface area contributed by atoms with E-state index in [0.29, 0.717) is 19.4 Å². The number of ether oxygens (including phenoxy) is 2. The highest BCUT2D eigenvalue weighted by atomic mass is 16.5. The van der Waals surface area contributed by atoms with E-state index in [2.05, 4.69) is 18.2 Å². The highest BCUT2D eigenvalue weighted by Gasteiger charge is 2.55. The van der Waals surface area contributed by atoms with Crippen LogP contribution in [-0.2, 0) is 19.1 Å². The normalized spacial score (nSPS) is 34.6. The number of rotatable bonds is 2. The van der Waals surface area contributed by atoms with Crippen LogP contribution < -0.4 is 0 Å². The maximum atomic E-state index is 13.0. The number of hydrogen-bond donors (Lipinski definition) is 0. The van der Waals surface area contributed by atoms with Gasteiger partial charge in [0.25, 0.3) is 0 Å². The van der Waals surface area contributed by atoms with Crippen LogP contribution in [-0.4, -0.2) is 25.3 Å². The number of carbonyl (C=O) groups is 2. The molecule has 0 spiro atoms. The summed E-state index contributed by atoms with van der Waals surface area (Å²) in [5, 5.41) is 0. The lowest BCUT2D eigenvalue weighted by Crippen LogP contribution is -2.51. The predicted octanol–water partition coefficient (Wildman–Crippen LogP) is 3.40. The smallest absolute Gasteiger partial charge is 0.202 e. The summed E-state index contributed by atoms with van der Waals surface area (Å²) in [4.78, 5) is 25.7. The minimum atomic E-state index is -0.675. The number of allylic oxidation sites excluding steroid dienone is 3. The summed E-state index contributed by atoms with van der Waals surface area (Å²) < 4.78 is 11.3. The van der Waals surface area contributed by atoms with Crippen LogP contribution in [0.4, 0.5) is 0 Å². The van der Waals surface area contributed by atoms with Gasteiger partial charge in [-0.05, 0) is 29.9 Å². The van der Waals surface area contributed by atoms with E-state index in [1.165, 1.54) is 13.2 Å². The van der Waals surface area contributed by atoms with Crippen LogP contribution in [0, 0.1) is 17.3 Å². The van der Waals surface area contributed by atoms with Crippen LogP contribution in [0.15, 0.2) is 53.8 Å². The van der Waals surface area contributed by atoms with E-state index in [4.69, 9.17) is 9.47 Å². The Hall–Kier alpha value is -2.20. The molecule has 130 valence electrons. The van der Waals surface area contributed by atoms with Crippen molar-refractivity contribution in [1.29, 1.82) is 0 Å². The van der Waals surface area contributed by atoms with Gasteiger partial charge in [-0.15, -0.1) is 0 Å². The van der Waals surface area contributed by atoms with Gasteiger partial charge >= 0.3 is 0 Å². The number of benzene rings is 1. The van der Waals surface area contributed by atoms with Crippen LogP contribution in [0.2, 0.25) is 0 Å². The first kappa shape index (κ1) is 16.3. The fraction of sp³-hybridized carbons (Fsp3) is 0.429. The predicted molar refractivity (Wildman–Crippen MR) is 92.6 cm³/mol. The van der Waals surface area contributed by atoms with Gasteiger partial charge in [-0.3, -0.25) is 9.59 Å². The average molecular weight is 338 g/mol. The summed E-state index contributed by atoms with van der Waals surface area (Å²) in [6.07, 6.45) is 4.74. The van der Waals surface area contributed by atoms with Gasteiger partial charge in [0.1, 0.15) is 0 Å². The first-order chi connectivity index (χ1) is 12.0. The van der Waals surface area contributed by atoms with Gasteiger partial charge in [-0.2, -0.15) is 0 Å². The number of carbonyl (C=O) groups excluding carboxylic acids is 2. The Bertz CT molecular complexity index is 776. The first-order valence-electron chi connectivity index (χ1n) is 8.74. The van der Waals surface area contributed by atoms with E-state index in [1.807, 2.05) is 25.1 Å². The number of methoxy groups -OCH3 is 1. The molecule has 1 aliphatic heterocycles. The zero-order chi connectivity index (χ0) is 17.6. The molecule has 4 rings (SSSR count). The van der Waals surface area contributed by atoms with Gasteiger partial charge < -0.3 is 9.47 Å². The van der Waals surface area contributed by atoms with E-state index < -0.39 is 5.41 Å². The lowest BCUT2D eigenvalue weighted by Gasteiger charge is -2.48. The van der Waals surface area contributed by atoms with Crippen LogP contribution >= 0.6 is 0 Å². The third-order valence-electron chi connectivity index (χ3n) is 6.01. The average Bonchev–Trinajstić information content (AvgIpc) is 2.64. The maximum absolute atomic E-state index is 13.0. The Labute approximate surface area is 147 Å². The maximum Gasteiger partial charge on any atom is 0.202 e. The number of ketones is 2. The van der Waals surface area contributed by atoms with E-state index >= 15 is 0 Å². The van der Waals surface area contributed by atoms with Crippen LogP contribution in [0.1, 0.15) is 31.4 Å². The Kier molecular flexibility index (Phi) is 3.88. The highest BCUT2D eigenvalue weighted by molar-refractivity contribution is 6.11. The molecule has 25 heavy (non-hydrogen) atoms. The molecule has 0 bridgehead atoms. The van der Waals surface area contributed by atoms with Gasteiger partial charge in [0.2, 0.25) is 5.78 Å². The van der Waals surface area contributed by atoms with E-state index in [9.17, 15) is 9.59 Å². The summed E-state index contributed by atoms with van der Waals surface area (Å²) >= 11 is 0. The molecule has 0 radical (unpaired) electrons. The first-order valence-corrected chi connectivity index (χ1v) is 8.74. The SMILES string of the molecule is COC1=CC(=O)[C@]2(C)CC=C3CO[C@@H](c4ccccc4)C[C@@H]3[C@H]2C1=O. The van der Waals surface area contributed by atoms with Crippen molar-refractivity contribution in [3.05, 3.63) is 59.4 Å². The van der Waals surface area contributed by atoms with Crippen LogP contribution in [0.5, 0.6) is 0 Å². The van der Waals surface area contributed by atoms with Crippen molar-refractivity contribution in [1.82, 2.24) is 0 Å². The summed E-state index contributed by atoms with van der Waals surface area (Å²) in [7, 11) is 1.45. The van der Waals surface area contributed by atoms with Crippen LogP contribution in [0.3, 0.4) is 0 Å². The molecule has 0 amide bonds. The highest BCUT2D eigenvalue weighted by Crippen LogP contribution is 2.53. The molecule has 0 N–H and O–H groups in total. The number of Topliss-reactive ketones (excluding diaryl/α,β-unsaturated/α-hetero) is 1. The second kappa shape index (κ2) is 5.95. The minimum Gasteiger partial charge on any atom is -0.493 e. The molecular formula is C21H22O4. The fourth-order valence-electron chi connectivity index (χ4n) is 4.52. The zero-order valence-electron chi connectivity index (χ0n) is 14.5. The molecule has 4 atom stereocenters. The lowest BCUT2D eigenvalue weighted by atomic mass is 9.56. The molecular weight excluding hydrogens is 316 g/mol. The topological polar surface area (TPSA) is 52.6 Å². The van der Waals surface area contributed by atoms with Crippen molar-refractivity contribution < 1.29 is 19.1 Å². The van der Waals surface area contributed by atoms with Gasteiger partial charge in [0, 0.05) is 17.4 Å². The summed E-state index contributed by atoms with van der Waals surface area (Å²) in [6, 6.07) is 10.1. The molecule has 0 unspecified atom stereocenters. The minimum absolute atomic E-state index is 0.00740. The molecule has 2 aliphatic carbocycles. The van der Waals surface area contributed by atoms with Gasteiger partial charge in [-0.1, -0.05) is 43.3 Å². The molecule has 4 nitrogen and oxygen atoms in total. The zero-order valence-corrected chi connectivity index (χ0v) is 14.5. The molecule has 1 aromatic carbocycles. The van der Waals surface area contributed by atoms with Gasteiger partial charge in [-0.25, -0.2) is 0 Å². The lowest BCUT2D eigenvalue weighted by molar-refractivity contribution is -0.143. The number of hydrogen-bond acceptors (Lipinski definition) is 4. The Morgan fingerprint density at radius 1 is 1.20 bits per heavy atom. The summed E-state index contributed by atoms with van der Waals surface area (Å²) in [6.45, 7) is 2.44. The van der Waals surface area contributed by atoms with E-state index in [0.717, 1.165) is 11.1 Å². The van der Waals surface area contributed by atoms with E-state index in [-0.39, 0.29) is 35.3 Å². The molecule has 1 saturated heterocycles. The van der Waals surface area contributed by atoms with Crippen molar-refractivity contribution >= 4 is 11.6 Å². The standard InChI is InChI=1S/C21H22O4/c1-21-9-8-14-12-25-16(13-6-4-3-5-7-13)10-15(14)19(21)20(23)17(24-2)11-18(21)22/h3-8,11,15-16,19H,9-10,12H2,1-2H3/t15-,16+,19-,21-/m0/s1. The molecule has 1 fully saturated rings. The van der Waals surface area contributed by atoms with Crippen molar-refractivity contribution in [2.75, 3.05) is 13.7 Å². The largest absolute Gasteiger partial charge is 0.493 e. The third kappa shape index (κ3) is 2.47. The molecule has 0 aromatic heterocycles. The van der Waals surface area contributed by atoms with Crippen molar-refractivity contribution in [2.24, 2.45) is 17.3 Å². The van der Waals surface area contributed by atoms with E-state index in [1.54, 1.807) is 0 Å². The molecule has 0 saturated carbocycles.